The lowest BCUT2D eigenvalue weighted by molar-refractivity contribution is -0.286. The monoisotopic (exact) mass is 270 g/mol. The third-order valence-electron chi connectivity index (χ3n) is 2.50. The number of fused-ring (bicyclic) bond motifs is 1. The highest BCUT2D eigenvalue weighted by Crippen LogP contribution is 2.44. The number of alkyl halides is 2. The van der Waals surface area contributed by atoms with Gasteiger partial charge in [-0.15, -0.1) is 8.78 Å². The molecule has 0 spiro atoms. The fourth-order valence-electron chi connectivity index (χ4n) is 1.72. The van der Waals surface area contributed by atoms with Crippen LogP contribution in [0.4, 0.5) is 13.2 Å². The molecule has 1 aromatic heterocycles. The van der Waals surface area contributed by atoms with E-state index < -0.39 is 17.9 Å². The SMILES string of the molecule is O=Cc1ccc(-c2cc3c(cc2F)OC(F)(F)O3)o1. The van der Waals surface area contributed by atoms with Crippen LogP contribution in [0.2, 0.25) is 0 Å². The zero-order valence-electron chi connectivity index (χ0n) is 9.15. The molecule has 4 nitrogen and oxygen atoms in total. The van der Waals surface area contributed by atoms with Crippen LogP contribution in [0.3, 0.4) is 0 Å². The lowest BCUT2D eigenvalue weighted by atomic mass is 10.1. The van der Waals surface area contributed by atoms with E-state index in [0.29, 0.717) is 6.29 Å². The fourth-order valence-corrected chi connectivity index (χ4v) is 1.72. The summed E-state index contributed by atoms with van der Waals surface area (Å²) in [6, 6.07) is 4.48. The number of carbonyl (C=O) groups excluding carboxylic acids is 1. The summed E-state index contributed by atoms with van der Waals surface area (Å²) in [4.78, 5) is 10.5. The number of rotatable bonds is 2. The molecule has 98 valence electrons. The van der Waals surface area contributed by atoms with Gasteiger partial charge in [-0.3, -0.25) is 4.79 Å². The molecule has 1 aliphatic rings. The average molecular weight is 270 g/mol. The van der Waals surface area contributed by atoms with Gasteiger partial charge >= 0.3 is 6.29 Å². The zero-order valence-corrected chi connectivity index (χ0v) is 9.15. The molecule has 0 fully saturated rings. The van der Waals surface area contributed by atoms with Gasteiger partial charge in [0, 0.05) is 6.07 Å². The number of hydrogen-bond acceptors (Lipinski definition) is 4. The molecule has 0 saturated carbocycles. The Kier molecular flexibility index (Phi) is 2.31. The Morgan fingerprint density at radius 1 is 1.11 bits per heavy atom. The third kappa shape index (κ3) is 1.92. The van der Waals surface area contributed by atoms with Crippen LogP contribution >= 0.6 is 0 Å². The number of aldehydes is 1. The van der Waals surface area contributed by atoms with E-state index >= 15 is 0 Å². The highest BCUT2D eigenvalue weighted by atomic mass is 19.3. The fraction of sp³-hybridized carbons (Fsp3) is 0.0833. The number of ether oxygens (including phenoxy) is 2. The molecular weight excluding hydrogens is 265 g/mol. The first-order valence-corrected chi connectivity index (χ1v) is 5.13. The first kappa shape index (κ1) is 11.6. The van der Waals surface area contributed by atoms with Crippen LogP contribution in [-0.2, 0) is 0 Å². The topological polar surface area (TPSA) is 48.7 Å². The Morgan fingerprint density at radius 2 is 1.79 bits per heavy atom. The third-order valence-corrected chi connectivity index (χ3v) is 2.50. The summed E-state index contributed by atoms with van der Waals surface area (Å²) in [6.45, 7) is 0. The molecule has 0 aliphatic carbocycles. The molecule has 1 aromatic carbocycles. The molecule has 3 rings (SSSR count). The van der Waals surface area contributed by atoms with Crippen LogP contribution in [0.1, 0.15) is 10.6 Å². The molecule has 2 heterocycles. The van der Waals surface area contributed by atoms with Crippen LogP contribution in [0.15, 0.2) is 28.7 Å². The minimum Gasteiger partial charge on any atom is -0.453 e. The van der Waals surface area contributed by atoms with Crippen LogP contribution in [-0.4, -0.2) is 12.6 Å². The van der Waals surface area contributed by atoms with Crippen LogP contribution < -0.4 is 9.47 Å². The van der Waals surface area contributed by atoms with Gasteiger partial charge in [0.15, 0.2) is 23.5 Å². The molecule has 19 heavy (non-hydrogen) atoms. The first-order chi connectivity index (χ1) is 8.98. The van der Waals surface area contributed by atoms with Crippen molar-refractivity contribution in [2.45, 2.75) is 6.29 Å². The van der Waals surface area contributed by atoms with Gasteiger partial charge in [0.2, 0.25) is 0 Å². The van der Waals surface area contributed by atoms with Gasteiger partial charge in [-0.05, 0) is 18.2 Å². The number of benzene rings is 1. The Bertz CT molecular complexity index is 663. The van der Waals surface area contributed by atoms with Gasteiger partial charge in [-0.1, -0.05) is 0 Å². The summed E-state index contributed by atoms with van der Waals surface area (Å²) < 4.78 is 52.8. The second-order valence-corrected chi connectivity index (χ2v) is 3.77. The van der Waals surface area contributed by atoms with Crippen molar-refractivity contribution in [2.75, 3.05) is 0 Å². The molecule has 0 radical (unpaired) electrons. The second-order valence-electron chi connectivity index (χ2n) is 3.77. The van der Waals surface area contributed by atoms with Crippen LogP contribution in [0.25, 0.3) is 11.3 Å². The molecule has 0 atom stereocenters. The van der Waals surface area contributed by atoms with Gasteiger partial charge in [0.1, 0.15) is 11.6 Å². The number of hydrogen-bond donors (Lipinski definition) is 0. The Hall–Kier alpha value is -2.44. The van der Waals surface area contributed by atoms with Gasteiger partial charge in [0.05, 0.1) is 5.56 Å². The first-order valence-electron chi connectivity index (χ1n) is 5.13. The molecule has 7 heteroatoms. The summed E-state index contributed by atoms with van der Waals surface area (Å²) in [5, 5.41) is 0. The highest BCUT2D eigenvalue weighted by molar-refractivity contribution is 5.73. The lowest BCUT2D eigenvalue weighted by Gasteiger charge is -2.04. The molecular formula is C12H5F3O4. The Morgan fingerprint density at radius 3 is 2.42 bits per heavy atom. The number of halogens is 3. The van der Waals surface area contributed by atoms with Gasteiger partial charge in [-0.2, -0.15) is 0 Å². The molecule has 1 aliphatic heterocycles. The van der Waals surface area contributed by atoms with Crippen LogP contribution in [0.5, 0.6) is 11.5 Å². The maximum absolute atomic E-state index is 13.8. The van der Waals surface area contributed by atoms with E-state index in [1.54, 1.807) is 0 Å². The second kappa shape index (κ2) is 3.78. The van der Waals surface area contributed by atoms with Crippen molar-refractivity contribution in [3.63, 3.8) is 0 Å². The maximum Gasteiger partial charge on any atom is 0.586 e. The van der Waals surface area contributed by atoms with E-state index in [1.807, 2.05) is 0 Å². The van der Waals surface area contributed by atoms with Crippen molar-refractivity contribution < 1.29 is 31.9 Å². The van der Waals surface area contributed by atoms with Gasteiger partial charge in [-0.25, -0.2) is 4.39 Å². The molecule has 0 saturated heterocycles. The largest absolute Gasteiger partial charge is 0.586 e. The minimum absolute atomic E-state index is 0.00241. The predicted octanol–water partition coefficient (Wildman–Crippen LogP) is 3.22. The van der Waals surface area contributed by atoms with E-state index in [0.717, 1.165) is 12.1 Å². The molecule has 0 amide bonds. The predicted molar refractivity (Wildman–Crippen MR) is 55.7 cm³/mol. The van der Waals surface area contributed by atoms with Gasteiger partial charge in [0.25, 0.3) is 0 Å². The molecule has 0 unspecified atom stereocenters. The minimum atomic E-state index is -3.81. The lowest BCUT2D eigenvalue weighted by Crippen LogP contribution is -2.25. The molecule has 2 aromatic rings. The van der Waals surface area contributed by atoms with E-state index in [-0.39, 0.29) is 22.8 Å². The summed E-state index contributed by atoms with van der Waals surface area (Å²) in [5.74, 6) is -1.50. The van der Waals surface area contributed by atoms with E-state index in [9.17, 15) is 18.0 Å². The summed E-state index contributed by atoms with van der Waals surface area (Å²) in [5.41, 5.74) is -0.104. The normalized spacial score (nSPS) is 15.5. The number of furan rings is 1. The summed E-state index contributed by atoms with van der Waals surface area (Å²) in [6.07, 6.45) is -3.37. The zero-order chi connectivity index (χ0) is 13.6. The van der Waals surface area contributed by atoms with Crippen molar-refractivity contribution in [3.05, 3.63) is 35.8 Å². The Balaban J connectivity index is 2.07. The van der Waals surface area contributed by atoms with Crippen molar-refractivity contribution in [2.24, 2.45) is 0 Å². The Labute approximate surface area is 104 Å². The van der Waals surface area contributed by atoms with Crippen molar-refractivity contribution >= 4 is 6.29 Å². The molecule has 0 N–H and O–H groups in total. The quantitative estimate of drug-likeness (QED) is 0.786. The molecule has 0 bridgehead atoms. The number of carbonyl (C=O) groups is 1. The van der Waals surface area contributed by atoms with Crippen molar-refractivity contribution in [3.8, 4) is 22.8 Å². The van der Waals surface area contributed by atoms with E-state index in [1.165, 1.54) is 12.1 Å². The summed E-state index contributed by atoms with van der Waals surface area (Å²) in [7, 11) is 0. The average Bonchev–Trinajstić information content (AvgIpc) is 2.90. The highest BCUT2D eigenvalue weighted by Gasteiger charge is 2.44. The maximum atomic E-state index is 13.8. The smallest absolute Gasteiger partial charge is 0.453 e. The van der Waals surface area contributed by atoms with Crippen molar-refractivity contribution in [1.29, 1.82) is 0 Å². The van der Waals surface area contributed by atoms with E-state index in [4.69, 9.17) is 4.42 Å². The van der Waals surface area contributed by atoms with Crippen LogP contribution in [0, 0.1) is 5.82 Å². The standard InChI is InChI=1S/C12H5F3O4/c13-8-4-11-10(18-12(14,15)19-11)3-7(8)9-2-1-6(5-16)17-9/h1-5H. The van der Waals surface area contributed by atoms with Crippen molar-refractivity contribution in [1.82, 2.24) is 0 Å². The van der Waals surface area contributed by atoms with Gasteiger partial charge < -0.3 is 13.9 Å². The summed E-state index contributed by atoms with van der Waals surface area (Å²) >= 11 is 0. The van der Waals surface area contributed by atoms with E-state index in [2.05, 4.69) is 9.47 Å².